The molecule has 5 heteroatoms. The number of halogens is 1. The summed E-state index contributed by atoms with van der Waals surface area (Å²) in [7, 11) is 0. The van der Waals surface area contributed by atoms with E-state index in [1.165, 1.54) is 10.8 Å². The second-order valence-corrected chi connectivity index (χ2v) is 8.57. The van der Waals surface area contributed by atoms with Gasteiger partial charge in [0.1, 0.15) is 6.17 Å². The van der Waals surface area contributed by atoms with Crippen molar-refractivity contribution in [3.8, 4) is 16.9 Å². The molecule has 2 N–H and O–H groups in total. The van der Waals surface area contributed by atoms with Gasteiger partial charge in [-0.1, -0.05) is 70.5 Å². The first-order chi connectivity index (χ1) is 15.3. The van der Waals surface area contributed by atoms with Crippen LogP contribution < -0.4 is 10.6 Å². The van der Waals surface area contributed by atoms with Crippen molar-refractivity contribution in [2.45, 2.75) is 6.17 Å². The molecule has 1 aromatic heterocycles. The molecule has 2 heterocycles. The number of hydrogen-bond donors (Lipinski definition) is 2. The number of anilines is 2. The summed E-state index contributed by atoms with van der Waals surface area (Å²) in [4.78, 5) is 0. The van der Waals surface area contributed by atoms with Crippen molar-refractivity contribution < 1.29 is 0 Å². The Morgan fingerprint density at radius 2 is 1.42 bits per heavy atom. The lowest BCUT2D eigenvalue weighted by Gasteiger charge is -2.29. The van der Waals surface area contributed by atoms with Crippen molar-refractivity contribution in [3.05, 3.63) is 107 Å². The number of benzene rings is 4. The van der Waals surface area contributed by atoms with E-state index in [9.17, 15) is 0 Å². The second-order valence-electron chi connectivity index (χ2n) is 7.65. The van der Waals surface area contributed by atoms with Gasteiger partial charge < -0.3 is 10.6 Å². The van der Waals surface area contributed by atoms with Crippen LogP contribution in [-0.4, -0.2) is 9.78 Å². The van der Waals surface area contributed by atoms with Gasteiger partial charge in [0, 0.05) is 38.6 Å². The maximum Gasteiger partial charge on any atom is 0.127 e. The van der Waals surface area contributed by atoms with Crippen LogP contribution in [0, 0.1) is 0 Å². The molecule has 0 saturated heterocycles. The molecule has 31 heavy (non-hydrogen) atoms. The van der Waals surface area contributed by atoms with E-state index in [0.29, 0.717) is 0 Å². The van der Waals surface area contributed by atoms with Crippen LogP contribution in [0.3, 0.4) is 0 Å². The molecule has 0 spiro atoms. The van der Waals surface area contributed by atoms with Crippen LogP contribution in [0.4, 0.5) is 11.4 Å². The number of nitrogens with zero attached hydrogens (tertiary/aromatic N) is 2. The van der Waals surface area contributed by atoms with Crippen molar-refractivity contribution in [2.24, 2.45) is 0 Å². The van der Waals surface area contributed by atoms with Crippen LogP contribution in [0.25, 0.3) is 27.7 Å². The minimum Gasteiger partial charge on any atom is -0.361 e. The van der Waals surface area contributed by atoms with Crippen LogP contribution in [0.1, 0.15) is 11.7 Å². The lowest BCUT2D eigenvalue weighted by Crippen LogP contribution is -2.23. The highest BCUT2D eigenvalue weighted by Gasteiger charge is 2.25. The van der Waals surface area contributed by atoms with Crippen LogP contribution in [0.5, 0.6) is 0 Å². The molecule has 4 nitrogen and oxygen atoms in total. The zero-order valence-corrected chi connectivity index (χ0v) is 18.2. The van der Waals surface area contributed by atoms with Crippen LogP contribution in [0.15, 0.2) is 102 Å². The molecule has 1 aliphatic rings. The standard InChI is InChI=1S/C26H19BrN4/c27-19-14-12-18(13-15-19)25-21(16-31(30-25)20-8-2-1-3-9-20)26-28-22-10-4-6-17-7-5-11-23(29-26)24(17)22/h1-16,26,28-29H. The SMILES string of the molecule is Brc1ccc(-c2nn(-c3ccccc3)cc2C2Nc3cccc4cccc(c34)N2)cc1. The summed E-state index contributed by atoms with van der Waals surface area (Å²) < 4.78 is 3.01. The van der Waals surface area contributed by atoms with Gasteiger partial charge in [-0.25, -0.2) is 4.68 Å². The fraction of sp³-hybridized carbons (Fsp3) is 0.0385. The Balaban J connectivity index is 1.49. The largest absolute Gasteiger partial charge is 0.361 e. The molecule has 0 atom stereocenters. The predicted molar refractivity (Wildman–Crippen MR) is 131 cm³/mol. The topological polar surface area (TPSA) is 41.9 Å². The Hall–Kier alpha value is -3.57. The molecule has 0 radical (unpaired) electrons. The molecule has 5 aromatic rings. The van der Waals surface area contributed by atoms with Gasteiger partial charge in [-0.15, -0.1) is 0 Å². The van der Waals surface area contributed by atoms with Crippen molar-refractivity contribution >= 4 is 38.1 Å². The van der Waals surface area contributed by atoms with E-state index in [0.717, 1.165) is 38.4 Å². The third kappa shape index (κ3) is 3.18. The molecule has 6 rings (SSSR count). The van der Waals surface area contributed by atoms with E-state index in [1.54, 1.807) is 0 Å². The Labute approximate surface area is 188 Å². The molecular formula is C26H19BrN4. The minimum atomic E-state index is -0.100. The Kier molecular flexibility index (Phi) is 4.28. The van der Waals surface area contributed by atoms with E-state index in [1.807, 2.05) is 22.9 Å². The maximum absolute atomic E-state index is 4.98. The molecule has 0 fully saturated rings. The van der Waals surface area contributed by atoms with Gasteiger partial charge in [0.15, 0.2) is 0 Å². The molecule has 4 aromatic carbocycles. The van der Waals surface area contributed by atoms with Gasteiger partial charge in [0.25, 0.3) is 0 Å². The van der Waals surface area contributed by atoms with Gasteiger partial charge in [-0.05, 0) is 41.8 Å². The lowest BCUT2D eigenvalue weighted by molar-refractivity contribution is 0.873. The fourth-order valence-corrected chi connectivity index (χ4v) is 4.49. The number of rotatable bonds is 3. The highest BCUT2D eigenvalue weighted by Crippen LogP contribution is 2.40. The minimum absolute atomic E-state index is 0.100. The predicted octanol–water partition coefficient (Wildman–Crippen LogP) is 6.99. The lowest BCUT2D eigenvalue weighted by atomic mass is 10.0. The fourth-order valence-electron chi connectivity index (χ4n) is 4.23. The van der Waals surface area contributed by atoms with Gasteiger partial charge in [0.05, 0.1) is 11.4 Å². The van der Waals surface area contributed by atoms with Crippen molar-refractivity contribution in [3.63, 3.8) is 0 Å². The summed E-state index contributed by atoms with van der Waals surface area (Å²) in [5, 5.41) is 14.8. The van der Waals surface area contributed by atoms with Gasteiger partial charge in [-0.3, -0.25) is 0 Å². The third-order valence-corrected chi connectivity index (χ3v) is 6.22. The van der Waals surface area contributed by atoms with E-state index >= 15 is 0 Å². The molecule has 0 saturated carbocycles. The third-order valence-electron chi connectivity index (χ3n) is 5.70. The number of aromatic nitrogens is 2. The van der Waals surface area contributed by atoms with Crippen LogP contribution in [0.2, 0.25) is 0 Å². The Bertz CT molecular complexity index is 1350. The number of nitrogens with one attached hydrogen (secondary N) is 2. The summed E-state index contributed by atoms with van der Waals surface area (Å²) in [6.45, 7) is 0. The molecule has 0 unspecified atom stereocenters. The van der Waals surface area contributed by atoms with E-state index < -0.39 is 0 Å². The van der Waals surface area contributed by atoms with E-state index in [4.69, 9.17) is 5.10 Å². The smallest absolute Gasteiger partial charge is 0.127 e. The number of hydrogen-bond acceptors (Lipinski definition) is 3. The normalized spacial score (nSPS) is 13.1. The molecular weight excluding hydrogens is 448 g/mol. The van der Waals surface area contributed by atoms with Gasteiger partial charge in [0.2, 0.25) is 0 Å². The maximum atomic E-state index is 4.98. The molecule has 0 bridgehead atoms. The molecule has 0 amide bonds. The summed E-state index contributed by atoms with van der Waals surface area (Å²) in [6.07, 6.45) is 2.02. The van der Waals surface area contributed by atoms with Crippen molar-refractivity contribution in [1.82, 2.24) is 9.78 Å². The second kappa shape index (κ2) is 7.29. The van der Waals surface area contributed by atoms with E-state index in [-0.39, 0.29) is 6.17 Å². The first-order valence-electron chi connectivity index (χ1n) is 10.2. The Morgan fingerprint density at radius 3 is 2.10 bits per heavy atom. The first kappa shape index (κ1) is 18.2. The highest BCUT2D eigenvalue weighted by molar-refractivity contribution is 9.10. The average Bonchev–Trinajstić information content (AvgIpc) is 3.26. The van der Waals surface area contributed by atoms with Crippen LogP contribution >= 0.6 is 15.9 Å². The van der Waals surface area contributed by atoms with Gasteiger partial charge in [-0.2, -0.15) is 5.10 Å². The summed E-state index contributed by atoms with van der Waals surface area (Å²) in [5.74, 6) is 0. The summed E-state index contributed by atoms with van der Waals surface area (Å²) in [6, 6.07) is 31.3. The molecule has 1 aliphatic heterocycles. The highest BCUT2D eigenvalue weighted by atomic mass is 79.9. The number of para-hydroxylation sites is 1. The monoisotopic (exact) mass is 466 g/mol. The van der Waals surface area contributed by atoms with Gasteiger partial charge >= 0.3 is 0 Å². The summed E-state index contributed by atoms with van der Waals surface area (Å²) in [5.41, 5.74) is 6.42. The molecule has 150 valence electrons. The zero-order chi connectivity index (χ0) is 20.8. The van der Waals surface area contributed by atoms with Crippen LogP contribution in [-0.2, 0) is 0 Å². The van der Waals surface area contributed by atoms with Crippen molar-refractivity contribution in [2.75, 3.05) is 10.6 Å². The van der Waals surface area contributed by atoms with Crippen molar-refractivity contribution in [1.29, 1.82) is 0 Å². The average molecular weight is 467 g/mol. The quantitative estimate of drug-likeness (QED) is 0.301. The zero-order valence-electron chi connectivity index (χ0n) is 16.6. The first-order valence-corrected chi connectivity index (χ1v) is 11.0. The van der Waals surface area contributed by atoms with E-state index in [2.05, 4.69) is 106 Å². The molecule has 0 aliphatic carbocycles. The summed E-state index contributed by atoms with van der Waals surface area (Å²) >= 11 is 3.54. The Morgan fingerprint density at radius 1 is 0.742 bits per heavy atom.